The molecule has 0 atom stereocenters. The van der Waals surface area contributed by atoms with E-state index in [4.69, 9.17) is 9.72 Å². The van der Waals surface area contributed by atoms with E-state index < -0.39 is 0 Å². The number of aryl methyl sites for hydroxylation is 1. The van der Waals surface area contributed by atoms with Crippen LogP contribution in [0.3, 0.4) is 0 Å². The Morgan fingerprint density at radius 1 is 1.25 bits per heavy atom. The zero-order chi connectivity index (χ0) is 22.9. The third kappa shape index (κ3) is 5.36. The van der Waals surface area contributed by atoms with E-state index in [-0.39, 0.29) is 17.2 Å². The number of benzene rings is 1. The molecule has 7 nitrogen and oxygen atoms in total. The molecule has 1 fully saturated rings. The van der Waals surface area contributed by atoms with E-state index in [2.05, 4.69) is 32.2 Å². The molecule has 2 amide bonds. The Morgan fingerprint density at radius 2 is 2.00 bits per heavy atom. The van der Waals surface area contributed by atoms with Crippen LogP contribution < -0.4 is 15.1 Å². The predicted octanol–water partition coefficient (Wildman–Crippen LogP) is 2.30. The van der Waals surface area contributed by atoms with Crippen LogP contribution in [0.4, 0.5) is 10.8 Å². The van der Waals surface area contributed by atoms with Crippen LogP contribution in [-0.4, -0.2) is 56.2 Å². The summed E-state index contributed by atoms with van der Waals surface area (Å²) in [4.78, 5) is 34.1. The van der Waals surface area contributed by atoms with Crippen molar-refractivity contribution in [2.45, 2.75) is 40.5 Å². The van der Waals surface area contributed by atoms with Crippen molar-refractivity contribution >= 4 is 34.0 Å². The van der Waals surface area contributed by atoms with Crippen molar-refractivity contribution in [3.05, 3.63) is 28.6 Å². The first-order valence-corrected chi connectivity index (χ1v) is 12.1. The van der Waals surface area contributed by atoms with E-state index >= 15 is 0 Å². The van der Waals surface area contributed by atoms with Gasteiger partial charge in [-0.05, 0) is 36.5 Å². The summed E-state index contributed by atoms with van der Waals surface area (Å²) in [7, 11) is 0. The molecule has 2 N–H and O–H groups in total. The van der Waals surface area contributed by atoms with Gasteiger partial charge in [0.05, 0.1) is 18.9 Å². The lowest BCUT2D eigenvalue weighted by molar-refractivity contribution is -0.899. The van der Waals surface area contributed by atoms with Crippen molar-refractivity contribution < 1.29 is 19.2 Å². The molecule has 4 rings (SSSR count). The molecular weight excluding hydrogens is 424 g/mol. The number of hydrogen-bond acceptors (Lipinski definition) is 5. The van der Waals surface area contributed by atoms with Gasteiger partial charge in [-0.1, -0.05) is 26.8 Å². The molecule has 2 aliphatic rings. The van der Waals surface area contributed by atoms with E-state index in [0.29, 0.717) is 31.3 Å². The Morgan fingerprint density at radius 3 is 2.72 bits per heavy atom. The number of rotatable bonds is 5. The molecule has 0 bridgehead atoms. The number of amides is 2. The maximum absolute atomic E-state index is 12.7. The molecule has 3 heterocycles. The number of thiazole rings is 1. The number of quaternary nitrogens is 1. The van der Waals surface area contributed by atoms with Crippen molar-refractivity contribution in [3.63, 3.8) is 0 Å². The highest BCUT2D eigenvalue weighted by atomic mass is 32.1. The molecule has 1 saturated heterocycles. The summed E-state index contributed by atoms with van der Waals surface area (Å²) in [6, 6.07) is 6.22. The molecule has 2 aliphatic heterocycles. The van der Waals surface area contributed by atoms with Crippen molar-refractivity contribution in [1.82, 2.24) is 4.98 Å². The van der Waals surface area contributed by atoms with Crippen molar-refractivity contribution in [2.24, 2.45) is 5.41 Å². The van der Waals surface area contributed by atoms with Gasteiger partial charge in [0.1, 0.15) is 13.1 Å². The monoisotopic (exact) mass is 457 g/mol. The molecule has 8 heteroatoms. The van der Waals surface area contributed by atoms with Crippen LogP contribution in [0.2, 0.25) is 0 Å². The Kier molecular flexibility index (Phi) is 6.65. The van der Waals surface area contributed by atoms with Gasteiger partial charge in [0.15, 0.2) is 11.7 Å². The van der Waals surface area contributed by atoms with Crippen LogP contribution in [0.25, 0.3) is 11.3 Å². The molecule has 0 spiro atoms. The molecule has 1 aromatic carbocycles. The van der Waals surface area contributed by atoms with E-state index in [9.17, 15) is 9.59 Å². The number of nitrogens with zero attached hydrogens (tertiary/aromatic N) is 2. The summed E-state index contributed by atoms with van der Waals surface area (Å²) in [6.45, 7) is 12.6. The fourth-order valence-corrected chi connectivity index (χ4v) is 5.15. The summed E-state index contributed by atoms with van der Waals surface area (Å²) in [5.41, 5.74) is 4.09. The highest BCUT2D eigenvalue weighted by molar-refractivity contribution is 7.16. The largest absolute Gasteiger partial charge is 0.370 e. The van der Waals surface area contributed by atoms with Gasteiger partial charge >= 0.3 is 0 Å². The molecular formula is C24H33N4O3S+. The third-order valence-corrected chi connectivity index (χ3v) is 6.77. The first kappa shape index (κ1) is 22.9. The number of aromatic nitrogens is 1. The van der Waals surface area contributed by atoms with E-state index in [1.54, 1.807) is 0 Å². The molecule has 32 heavy (non-hydrogen) atoms. The van der Waals surface area contributed by atoms with Gasteiger partial charge in [-0.15, -0.1) is 11.3 Å². The average Bonchev–Trinajstić information content (AvgIpc) is 3.30. The maximum atomic E-state index is 12.7. The van der Waals surface area contributed by atoms with Crippen molar-refractivity contribution in [1.29, 1.82) is 0 Å². The fraction of sp³-hybridized carbons (Fsp3) is 0.542. The summed E-state index contributed by atoms with van der Waals surface area (Å²) in [5.74, 6) is 0.172. The second kappa shape index (κ2) is 9.29. The topological polar surface area (TPSA) is 76.0 Å². The number of ether oxygens (including phenoxy) is 1. The standard InChI is InChI=1S/C24H32N4O3S/c1-16-22(26-23(32-16)25-20(29)15-27-9-11-31-12-10-27)18-5-6-19-17(13-18)7-8-28(19)21(30)14-24(2,3)4/h5-6,13H,7-12,14-15H2,1-4H3,(H,25,26,29)/p+1. The Bertz CT molecular complexity index is 1010. The Hall–Kier alpha value is -2.29. The first-order valence-electron chi connectivity index (χ1n) is 11.3. The van der Waals surface area contributed by atoms with E-state index in [0.717, 1.165) is 47.9 Å². The predicted molar refractivity (Wildman–Crippen MR) is 127 cm³/mol. The Balaban J connectivity index is 1.45. The van der Waals surface area contributed by atoms with Crippen molar-refractivity contribution in [2.75, 3.05) is 49.6 Å². The summed E-state index contributed by atoms with van der Waals surface area (Å²) < 4.78 is 5.36. The lowest BCUT2D eigenvalue weighted by Crippen LogP contribution is -3.15. The molecule has 0 unspecified atom stereocenters. The lowest BCUT2D eigenvalue weighted by atomic mass is 9.91. The van der Waals surface area contributed by atoms with Crippen molar-refractivity contribution in [3.8, 4) is 11.3 Å². The van der Waals surface area contributed by atoms with Gasteiger partial charge in [0, 0.05) is 29.1 Å². The number of anilines is 2. The highest BCUT2D eigenvalue weighted by Gasteiger charge is 2.28. The van der Waals surface area contributed by atoms with Crippen LogP contribution in [0.15, 0.2) is 18.2 Å². The number of carbonyl (C=O) groups is 2. The number of hydrogen-bond donors (Lipinski definition) is 2. The number of carbonyl (C=O) groups excluding carboxylic acids is 2. The molecule has 0 aliphatic carbocycles. The van der Waals surface area contributed by atoms with Crippen LogP contribution in [0.5, 0.6) is 0 Å². The maximum Gasteiger partial charge on any atom is 0.281 e. The van der Waals surface area contributed by atoms with Crippen LogP contribution in [0, 0.1) is 12.3 Å². The SMILES string of the molecule is Cc1sc(NC(=O)C[NH+]2CCOCC2)nc1-c1ccc2c(c1)CCN2C(=O)CC(C)(C)C. The van der Waals surface area contributed by atoms with E-state index in [1.165, 1.54) is 21.8 Å². The minimum Gasteiger partial charge on any atom is -0.370 e. The van der Waals surface area contributed by atoms with E-state index in [1.807, 2.05) is 24.0 Å². The number of nitrogens with one attached hydrogen (secondary N) is 2. The normalized spacial score (nSPS) is 16.8. The van der Waals surface area contributed by atoms with Crippen LogP contribution >= 0.6 is 11.3 Å². The quantitative estimate of drug-likeness (QED) is 0.723. The van der Waals surface area contributed by atoms with Gasteiger partial charge in [0.25, 0.3) is 5.91 Å². The average molecular weight is 458 g/mol. The smallest absolute Gasteiger partial charge is 0.281 e. The van der Waals surface area contributed by atoms with Gasteiger partial charge in [-0.25, -0.2) is 4.98 Å². The lowest BCUT2D eigenvalue weighted by Gasteiger charge is -2.23. The molecule has 172 valence electrons. The number of morpholine rings is 1. The minimum absolute atomic E-state index is 0.0100. The minimum atomic E-state index is -0.0262. The third-order valence-electron chi connectivity index (χ3n) is 5.88. The summed E-state index contributed by atoms with van der Waals surface area (Å²) in [6.07, 6.45) is 1.39. The van der Waals surface area contributed by atoms with Gasteiger partial charge in [-0.3, -0.25) is 14.9 Å². The summed E-state index contributed by atoms with van der Waals surface area (Å²) in [5, 5.41) is 3.61. The zero-order valence-electron chi connectivity index (χ0n) is 19.4. The number of fused-ring (bicyclic) bond motifs is 1. The molecule has 1 aromatic heterocycles. The molecule has 0 saturated carbocycles. The van der Waals surface area contributed by atoms with Gasteiger partial charge in [0.2, 0.25) is 5.91 Å². The second-order valence-corrected chi connectivity index (χ2v) is 11.1. The highest BCUT2D eigenvalue weighted by Crippen LogP contribution is 2.36. The Labute approximate surface area is 193 Å². The first-order chi connectivity index (χ1) is 15.2. The van der Waals surface area contributed by atoms with Crippen LogP contribution in [-0.2, 0) is 20.7 Å². The van der Waals surface area contributed by atoms with Crippen LogP contribution in [0.1, 0.15) is 37.6 Å². The zero-order valence-corrected chi connectivity index (χ0v) is 20.2. The second-order valence-electron chi connectivity index (χ2n) is 9.89. The summed E-state index contributed by atoms with van der Waals surface area (Å²) >= 11 is 1.50. The van der Waals surface area contributed by atoms with Gasteiger partial charge in [-0.2, -0.15) is 0 Å². The molecule has 2 aromatic rings. The fourth-order valence-electron chi connectivity index (χ4n) is 4.30. The molecule has 0 radical (unpaired) electrons. The van der Waals surface area contributed by atoms with Gasteiger partial charge < -0.3 is 14.5 Å².